The van der Waals surface area contributed by atoms with Gasteiger partial charge in [0.05, 0.1) is 5.92 Å². The van der Waals surface area contributed by atoms with E-state index in [1.54, 1.807) is 0 Å². The van der Waals surface area contributed by atoms with Crippen molar-refractivity contribution in [3.05, 3.63) is 35.6 Å². The van der Waals surface area contributed by atoms with Crippen molar-refractivity contribution in [3.8, 4) is 0 Å². The van der Waals surface area contributed by atoms with Gasteiger partial charge in [0.25, 0.3) is 0 Å². The second-order valence-corrected chi connectivity index (χ2v) is 6.47. The highest BCUT2D eigenvalue weighted by Gasteiger charge is 2.24. The minimum absolute atomic E-state index is 0.0226. The molecule has 0 aromatic heterocycles. The Bertz CT molecular complexity index is 538. The Morgan fingerprint density at radius 2 is 1.87 bits per heavy atom. The number of carbonyl (C=O) groups excluding carboxylic acids is 1. The number of nitrogens with one attached hydrogen (secondary N) is 1. The van der Waals surface area contributed by atoms with Crippen molar-refractivity contribution in [2.24, 2.45) is 11.8 Å². The molecule has 0 bridgehead atoms. The van der Waals surface area contributed by atoms with Gasteiger partial charge in [0.15, 0.2) is 0 Å². The molecule has 1 aromatic carbocycles. The summed E-state index contributed by atoms with van der Waals surface area (Å²) in [7, 11) is 0. The van der Waals surface area contributed by atoms with Crippen molar-refractivity contribution in [2.75, 3.05) is 6.54 Å². The third-order valence-electron chi connectivity index (χ3n) is 4.66. The summed E-state index contributed by atoms with van der Waals surface area (Å²) in [6, 6.07) is 5.36. The summed E-state index contributed by atoms with van der Waals surface area (Å²) >= 11 is 0. The number of amides is 1. The molecule has 1 aromatic rings. The monoisotopic (exact) mass is 321 g/mol. The van der Waals surface area contributed by atoms with Crippen molar-refractivity contribution in [1.82, 2.24) is 5.32 Å². The lowest BCUT2D eigenvalue weighted by Crippen LogP contribution is -2.35. The van der Waals surface area contributed by atoms with Crippen LogP contribution in [-0.2, 0) is 9.59 Å². The Morgan fingerprint density at radius 3 is 2.43 bits per heavy atom. The highest BCUT2D eigenvalue weighted by molar-refractivity contribution is 5.81. The number of carbonyl (C=O) groups is 2. The molecule has 0 spiro atoms. The summed E-state index contributed by atoms with van der Waals surface area (Å²) in [5.74, 6) is -1.90. The van der Waals surface area contributed by atoms with Crippen LogP contribution in [0.1, 0.15) is 50.5 Å². The number of carboxylic acid groups (broad SMARTS) is 1. The maximum absolute atomic E-state index is 12.9. The van der Waals surface area contributed by atoms with E-state index in [9.17, 15) is 19.1 Å². The first kappa shape index (κ1) is 17.4. The second-order valence-electron chi connectivity index (χ2n) is 6.47. The number of benzene rings is 1. The molecular weight excluding hydrogens is 297 g/mol. The van der Waals surface area contributed by atoms with Gasteiger partial charge in [-0.3, -0.25) is 9.59 Å². The van der Waals surface area contributed by atoms with Crippen LogP contribution in [0.5, 0.6) is 0 Å². The van der Waals surface area contributed by atoms with Crippen LogP contribution in [-0.4, -0.2) is 23.5 Å². The lowest BCUT2D eigenvalue weighted by Gasteiger charge is -2.18. The van der Waals surface area contributed by atoms with Gasteiger partial charge in [-0.2, -0.15) is 0 Å². The lowest BCUT2D eigenvalue weighted by molar-refractivity contribution is -0.138. The molecule has 2 rings (SSSR count). The summed E-state index contributed by atoms with van der Waals surface area (Å²) in [4.78, 5) is 23.6. The topological polar surface area (TPSA) is 66.4 Å². The van der Waals surface area contributed by atoms with Gasteiger partial charge >= 0.3 is 5.97 Å². The van der Waals surface area contributed by atoms with Crippen molar-refractivity contribution in [1.29, 1.82) is 0 Å². The van der Waals surface area contributed by atoms with E-state index >= 15 is 0 Å². The van der Waals surface area contributed by atoms with E-state index in [-0.39, 0.29) is 18.4 Å². The van der Waals surface area contributed by atoms with Crippen molar-refractivity contribution < 1.29 is 19.1 Å². The van der Waals surface area contributed by atoms with Gasteiger partial charge in [-0.1, -0.05) is 44.7 Å². The number of aliphatic carboxylic acids is 1. The SMILES string of the molecule is CC(CC1CCCC1)C(=O)NCC(C(=O)O)c1ccc(F)cc1. The number of carboxylic acids is 1. The Balaban J connectivity index is 1.88. The molecule has 1 fully saturated rings. The molecule has 23 heavy (non-hydrogen) atoms. The Morgan fingerprint density at radius 1 is 1.26 bits per heavy atom. The molecule has 2 N–H and O–H groups in total. The Labute approximate surface area is 136 Å². The standard InChI is InChI=1S/C18H24FNO3/c1-12(10-13-4-2-3-5-13)17(21)20-11-16(18(22)23)14-6-8-15(19)9-7-14/h6-9,12-13,16H,2-5,10-11H2,1H3,(H,20,21)(H,22,23). The van der Waals surface area contributed by atoms with E-state index in [2.05, 4.69) is 5.32 Å². The smallest absolute Gasteiger partial charge is 0.312 e. The predicted octanol–water partition coefficient (Wildman–Crippen LogP) is 3.33. The molecule has 0 aliphatic heterocycles. The lowest BCUT2D eigenvalue weighted by atomic mass is 9.93. The van der Waals surface area contributed by atoms with Gasteiger partial charge in [-0.15, -0.1) is 0 Å². The molecule has 1 aliphatic rings. The quantitative estimate of drug-likeness (QED) is 0.809. The van der Waals surface area contributed by atoms with Crippen LogP contribution >= 0.6 is 0 Å². The first-order valence-electron chi connectivity index (χ1n) is 8.23. The first-order valence-corrected chi connectivity index (χ1v) is 8.23. The van der Waals surface area contributed by atoms with Crippen LogP contribution in [0, 0.1) is 17.7 Å². The number of hydrogen-bond donors (Lipinski definition) is 2. The van der Waals surface area contributed by atoms with E-state index in [4.69, 9.17) is 0 Å². The number of halogens is 1. The van der Waals surface area contributed by atoms with Crippen LogP contribution in [0.15, 0.2) is 24.3 Å². The van der Waals surface area contributed by atoms with Crippen molar-refractivity contribution in [2.45, 2.75) is 44.9 Å². The Kier molecular flexibility index (Phi) is 6.13. The minimum atomic E-state index is -1.03. The molecule has 1 saturated carbocycles. The predicted molar refractivity (Wildman–Crippen MR) is 85.5 cm³/mol. The zero-order chi connectivity index (χ0) is 16.8. The summed E-state index contributed by atoms with van der Waals surface area (Å²) in [5.41, 5.74) is 0.489. The fraction of sp³-hybridized carbons (Fsp3) is 0.556. The Hall–Kier alpha value is -1.91. The average molecular weight is 321 g/mol. The molecule has 1 amide bonds. The van der Waals surface area contributed by atoms with E-state index < -0.39 is 17.7 Å². The third kappa shape index (κ3) is 5.05. The fourth-order valence-electron chi connectivity index (χ4n) is 3.27. The normalized spacial score (nSPS) is 17.7. The number of hydrogen-bond acceptors (Lipinski definition) is 2. The van der Waals surface area contributed by atoms with Gasteiger partial charge < -0.3 is 10.4 Å². The van der Waals surface area contributed by atoms with E-state index in [1.165, 1.54) is 49.9 Å². The van der Waals surface area contributed by atoms with Crippen molar-refractivity contribution >= 4 is 11.9 Å². The molecule has 0 heterocycles. The zero-order valence-electron chi connectivity index (χ0n) is 13.4. The second kappa shape index (κ2) is 8.09. The molecule has 4 nitrogen and oxygen atoms in total. The van der Waals surface area contributed by atoms with Crippen LogP contribution < -0.4 is 5.32 Å². The van der Waals surface area contributed by atoms with E-state index in [0.29, 0.717) is 11.5 Å². The van der Waals surface area contributed by atoms with E-state index in [0.717, 1.165) is 6.42 Å². The molecule has 126 valence electrons. The van der Waals surface area contributed by atoms with Gasteiger partial charge in [0.2, 0.25) is 5.91 Å². The number of rotatable bonds is 7. The van der Waals surface area contributed by atoms with Crippen LogP contribution in [0.25, 0.3) is 0 Å². The molecule has 0 radical (unpaired) electrons. The maximum Gasteiger partial charge on any atom is 0.312 e. The van der Waals surface area contributed by atoms with Crippen LogP contribution in [0.3, 0.4) is 0 Å². The van der Waals surface area contributed by atoms with Crippen LogP contribution in [0.4, 0.5) is 4.39 Å². The van der Waals surface area contributed by atoms with Gasteiger partial charge in [0.1, 0.15) is 5.82 Å². The highest BCUT2D eigenvalue weighted by Crippen LogP contribution is 2.30. The van der Waals surface area contributed by atoms with Crippen LogP contribution in [0.2, 0.25) is 0 Å². The molecule has 1 aliphatic carbocycles. The molecule has 0 saturated heterocycles. The first-order chi connectivity index (χ1) is 11.0. The summed E-state index contributed by atoms with van der Waals surface area (Å²) < 4.78 is 12.9. The van der Waals surface area contributed by atoms with E-state index in [1.807, 2.05) is 6.92 Å². The fourth-order valence-corrected chi connectivity index (χ4v) is 3.27. The zero-order valence-corrected chi connectivity index (χ0v) is 13.4. The molecule has 2 atom stereocenters. The third-order valence-corrected chi connectivity index (χ3v) is 4.66. The molecular formula is C18H24FNO3. The summed E-state index contributed by atoms with van der Waals surface area (Å²) in [5, 5.41) is 12.1. The summed E-state index contributed by atoms with van der Waals surface area (Å²) in [6.45, 7) is 1.91. The van der Waals surface area contributed by atoms with Gasteiger partial charge in [-0.05, 0) is 30.0 Å². The van der Waals surface area contributed by atoms with Gasteiger partial charge in [-0.25, -0.2) is 4.39 Å². The average Bonchev–Trinajstić information content (AvgIpc) is 3.01. The largest absolute Gasteiger partial charge is 0.481 e. The summed E-state index contributed by atoms with van der Waals surface area (Å²) in [6.07, 6.45) is 5.71. The minimum Gasteiger partial charge on any atom is -0.481 e. The van der Waals surface area contributed by atoms with Crippen molar-refractivity contribution in [3.63, 3.8) is 0 Å². The maximum atomic E-state index is 12.9. The molecule has 5 heteroatoms. The molecule has 2 unspecified atom stereocenters. The highest BCUT2D eigenvalue weighted by atomic mass is 19.1. The van der Waals surface area contributed by atoms with Gasteiger partial charge in [0, 0.05) is 12.5 Å².